The van der Waals surface area contributed by atoms with Crippen LogP contribution >= 0.6 is 11.3 Å². The number of anilines is 1. The Morgan fingerprint density at radius 3 is 2.94 bits per heavy atom. The van der Waals surface area contributed by atoms with Gasteiger partial charge >= 0.3 is 0 Å². The Kier molecular flexibility index (Phi) is 3.36. The van der Waals surface area contributed by atoms with Crippen molar-refractivity contribution in [2.75, 3.05) is 18.5 Å². The van der Waals surface area contributed by atoms with Crippen molar-refractivity contribution in [3.8, 4) is 0 Å². The molecule has 2 aromatic rings. The highest BCUT2D eigenvalue weighted by molar-refractivity contribution is 7.18. The van der Waals surface area contributed by atoms with Crippen molar-refractivity contribution in [1.29, 1.82) is 0 Å². The van der Waals surface area contributed by atoms with E-state index in [1.165, 1.54) is 4.88 Å². The number of hydrogen-bond donors (Lipinski definition) is 2. The fraction of sp³-hybridized carbons (Fsp3) is 0.455. The van der Waals surface area contributed by atoms with E-state index in [1.807, 2.05) is 6.92 Å². The molecule has 0 aliphatic heterocycles. The van der Waals surface area contributed by atoms with Crippen molar-refractivity contribution in [1.82, 2.24) is 9.97 Å². The summed E-state index contributed by atoms with van der Waals surface area (Å²) >= 11 is 1.71. The van der Waals surface area contributed by atoms with Crippen LogP contribution in [0.15, 0.2) is 6.07 Å². The van der Waals surface area contributed by atoms with E-state index in [-0.39, 0.29) is 6.61 Å². The average molecular weight is 237 g/mol. The van der Waals surface area contributed by atoms with Crippen LogP contribution in [0.5, 0.6) is 0 Å². The van der Waals surface area contributed by atoms with E-state index >= 15 is 0 Å². The fourth-order valence-electron chi connectivity index (χ4n) is 1.56. The number of nitrogens with one attached hydrogen (secondary N) is 1. The zero-order valence-corrected chi connectivity index (χ0v) is 10.3. The van der Waals surface area contributed by atoms with Gasteiger partial charge in [0.1, 0.15) is 16.5 Å². The Balaban J connectivity index is 2.48. The molecule has 0 atom stereocenters. The largest absolute Gasteiger partial charge is 0.395 e. The van der Waals surface area contributed by atoms with Crippen LogP contribution in [0.3, 0.4) is 0 Å². The maximum absolute atomic E-state index is 8.82. The van der Waals surface area contributed by atoms with Crippen LogP contribution in [-0.4, -0.2) is 28.2 Å². The molecule has 0 aromatic carbocycles. The van der Waals surface area contributed by atoms with Gasteiger partial charge in [0.15, 0.2) is 0 Å². The number of hydrogen-bond acceptors (Lipinski definition) is 5. The predicted octanol–water partition coefficient (Wildman–Crippen LogP) is 1.97. The zero-order valence-electron chi connectivity index (χ0n) is 9.45. The van der Waals surface area contributed by atoms with E-state index in [9.17, 15) is 0 Å². The van der Waals surface area contributed by atoms with Gasteiger partial charge < -0.3 is 10.4 Å². The SMILES string of the molecule is CCc1cc2c(NCCO)nc(C)nc2s1. The first-order valence-electron chi connectivity index (χ1n) is 5.36. The molecule has 0 amide bonds. The van der Waals surface area contributed by atoms with E-state index in [2.05, 4.69) is 28.3 Å². The van der Waals surface area contributed by atoms with Gasteiger partial charge in [0.05, 0.1) is 12.0 Å². The van der Waals surface area contributed by atoms with E-state index in [1.54, 1.807) is 11.3 Å². The Hall–Kier alpha value is -1.20. The van der Waals surface area contributed by atoms with Crippen LogP contribution in [0.2, 0.25) is 0 Å². The number of nitrogens with zero attached hydrogens (tertiary/aromatic N) is 2. The summed E-state index contributed by atoms with van der Waals surface area (Å²) in [7, 11) is 0. The molecular weight excluding hydrogens is 222 g/mol. The summed E-state index contributed by atoms with van der Waals surface area (Å²) in [5.41, 5.74) is 0. The molecule has 4 nitrogen and oxygen atoms in total. The van der Waals surface area contributed by atoms with Crippen LogP contribution in [0, 0.1) is 6.92 Å². The summed E-state index contributed by atoms with van der Waals surface area (Å²) in [6.45, 7) is 4.64. The lowest BCUT2D eigenvalue weighted by Crippen LogP contribution is -2.08. The number of aliphatic hydroxyl groups excluding tert-OH is 1. The second-order valence-corrected chi connectivity index (χ2v) is 4.67. The van der Waals surface area contributed by atoms with E-state index < -0.39 is 0 Å². The molecule has 5 heteroatoms. The maximum atomic E-state index is 8.82. The van der Waals surface area contributed by atoms with Gasteiger partial charge in [0, 0.05) is 11.4 Å². The Labute approximate surface area is 98.4 Å². The van der Waals surface area contributed by atoms with Crippen molar-refractivity contribution in [2.45, 2.75) is 20.3 Å². The molecule has 0 unspecified atom stereocenters. The summed E-state index contributed by atoms with van der Waals surface area (Å²) in [5.74, 6) is 1.59. The molecule has 2 rings (SSSR count). The molecule has 0 bridgehead atoms. The highest BCUT2D eigenvalue weighted by Gasteiger charge is 2.08. The molecule has 0 saturated heterocycles. The van der Waals surface area contributed by atoms with Crippen LogP contribution in [0.4, 0.5) is 5.82 Å². The third-order valence-corrected chi connectivity index (χ3v) is 3.48. The van der Waals surface area contributed by atoms with Gasteiger partial charge in [-0.3, -0.25) is 0 Å². The molecule has 2 aromatic heterocycles. The molecular formula is C11H15N3OS. The molecule has 2 N–H and O–H groups in total. The fourth-order valence-corrected chi connectivity index (χ4v) is 2.57. The summed E-state index contributed by atoms with van der Waals surface area (Å²) < 4.78 is 0. The van der Waals surface area contributed by atoms with Crippen molar-refractivity contribution < 1.29 is 5.11 Å². The number of aliphatic hydroxyl groups is 1. The minimum absolute atomic E-state index is 0.106. The number of rotatable bonds is 4. The van der Waals surface area contributed by atoms with Crippen LogP contribution in [0.25, 0.3) is 10.2 Å². The van der Waals surface area contributed by atoms with E-state index in [0.717, 1.165) is 28.3 Å². The van der Waals surface area contributed by atoms with Crippen molar-refractivity contribution >= 4 is 27.4 Å². The quantitative estimate of drug-likeness (QED) is 0.853. The van der Waals surface area contributed by atoms with Gasteiger partial charge in [-0.25, -0.2) is 9.97 Å². The smallest absolute Gasteiger partial charge is 0.138 e. The van der Waals surface area contributed by atoms with Gasteiger partial charge in [-0.05, 0) is 19.4 Å². The second kappa shape index (κ2) is 4.76. The van der Waals surface area contributed by atoms with Gasteiger partial charge in [-0.15, -0.1) is 11.3 Å². The molecule has 0 aliphatic rings. The van der Waals surface area contributed by atoms with Crippen LogP contribution in [0.1, 0.15) is 17.6 Å². The molecule has 16 heavy (non-hydrogen) atoms. The zero-order chi connectivity index (χ0) is 11.5. The van der Waals surface area contributed by atoms with Crippen molar-refractivity contribution in [3.63, 3.8) is 0 Å². The summed E-state index contributed by atoms with van der Waals surface area (Å²) in [5, 5.41) is 13.0. The Morgan fingerprint density at radius 1 is 1.44 bits per heavy atom. The topological polar surface area (TPSA) is 58.0 Å². The highest BCUT2D eigenvalue weighted by Crippen LogP contribution is 2.29. The molecule has 0 fully saturated rings. The van der Waals surface area contributed by atoms with Crippen molar-refractivity contribution in [2.24, 2.45) is 0 Å². The minimum Gasteiger partial charge on any atom is -0.395 e. The number of thiophene rings is 1. The third-order valence-electron chi connectivity index (χ3n) is 2.31. The minimum atomic E-state index is 0.106. The van der Waals surface area contributed by atoms with E-state index in [0.29, 0.717) is 6.54 Å². The van der Waals surface area contributed by atoms with E-state index in [4.69, 9.17) is 5.11 Å². The van der Waals surface area contributed by atoms with Gasteiger partial charge in [-0.2, -0.15) is 0 Å². The third kappa shape index (κ3) is 2.15. The summed E-state index contributed by atoms with van der Waals surface area (Å²) in [6.07, 6.45) is 1.01. The number of fused-ring (bicyclic) bond motifs is 1. The second-order valence-electron chi connectivity index (χ2n) is 3.55. The summed E-state index contributed by atoms with van der Waals surface area (Å²) in [4.78, 5) is 11.1. The van der Waals surface area contributed by atoms with Gasteiger partial charge in [0.2, 0.25) is 0 Å². The molecule has 0 radical (unpaired) electrons. The highest BCUT2D eigenvalue weighted by atomic mass is 32.1. The maximum Gasteiger partial charge on any atom is 0.138 e. The van der Waals surface area contributed by atoms with Crippen LogP contribution < -0.4 is 5.32 Å². The molecule has 86 valence electrons. The average Bonchev–Trinajstić information content (AvgIpc) is 2.68. The first-order chi connectivity index (χ1) is 7.74. The van der Waals surface area contributed by atoms with Crippen LogP contribution in [-0.2, 0) is 6.42 Å². The van der Waals surface area contributed by atoms with Gasteiger partial charge in [-0.1, -0.05) is 6.92 Å². The first-order valence-corrected chi connectivity index (χ1v) is 6.18. The molecule has 2 heterocycles. The predicted molar refractivity (Wildman–Crippen MR) is 67.1 cm³/mol. The van der Waals surface area contributed by atoms with Gasteiger partial charge in [0.25, 0.3) is 0 Å². The lowest BCUT2D eigenvalue weighted by molar-refractivity contribution is 0.311. The monoisotopic (exact) mass is 237 g/mol. The van der Waals surface area contributed by atoms with Crippen molar-refractivity contribution in [3.05, 3.63) is 16.8 Å². The first kappa shape index (κ1) is 11.3. The lowest BCUT2D eigenvalue weighted by atomic mass is 10.3. The standard InChI is InChI=1S/C11H15N3OS/c1-3-8-6-9-10(12-4-5-15)13-7(2)14-11(9)16-8/h6,15H,3-5H2,1-2H3,(H,12,13,14). The Bertz CT molecular complexity index is 495. The normalized spacial score (nSPS) is 10.9. The molecule has 0 saturated carbocycles. The number of aromatic nitrogens is 2. The number of aryl methyl sites for hydroxylation is 2. The summed E-state index contributed by atoms with van der Waals surface area (Å²) in [6, 6.07) is 2.12. The molecule has 0 spiro atoms. The lowest BCUT2D eigenvalue weighted by Gasteiger charge is -2.05. The molecule has 0 aliphatic carbocycles. The Morgan fingerprint density at radius 2 is 2.25 bits per heavy atom.